The number of hydrogen-bond acceptors (Lipinski definition) is 4. The zero-order chi connectivity index (χ0) is 33.4. The summed E-state index contributed by atoms with van der Waals surface area (Å²) in [5, 5.41) is 3.15. The van der Waals surface area contributed by atoms with Crippen molar-refractivity contribution in [1.82, 2.24) is 4.98 Å². The number of nitrogens with zero attached hydrogens (tertiary/aromatic N) is 2. The van der Waals surface area contributed by atoms with E-state index in [0.717, 1.165) is 59.8 Å². The Kier molecular flexibility index (Phi) is 6.39. The fraction of sp³-hybridized carbons (Fsp3) is 0.0652. The largest absolute Gasteiger partial charge is 0.456 e. The zero-order valence-electron chi connectivity index (χ0n) is 27.7. The van der Waals surface area contributed by atoms with Crippen LogP contribution in [0.2, 0.25) is 0 Å². The number of aromatic nitrogens is 1. The summed E-state index contributed by atoms with van der Waals surface area (Å²) >= 11 is 1.70. The number of rotatable bonds is 5. The van der Waals surface area contributed by atoms with Gasteiger partial charge in [0.15, 0.2) is 0 Å². The number of hydrogen-bond donors (Lipinski definition) is 0. The van der Waals surface area contributed by atoms with E-state index >= 15 is 0 Å². The monoisotopic (exact) mass is 660 g/mol. The molecule has 1 aliphatic carbocycles. The summed E-state index contributed by atoms with van der Waals surface area (Å²) in [5.74, 6) is 0. The summed E-state index contributed by atoms with van der Waals surface area (Å²) in [5.41, 5.74) is 14.7. The molecule has 0 spiro atoms. The first-order valence-corrected chi connectivity index (χ1v) is 17.9. The van der Waals surface area contributed by atoms with Crippen molar-refractivity contribution in [3.63, 3.8) is 0 Å². The van der Waals surface area contributed by atoms with Gasteiger partial charge in [-0.2, -0.15) is 0 Å². The van der Waals surface area contributed by atoms with Crippen molar-refractivity contribution in [2.24, 2.45) is 0 Å². The fourth-order valence-electron chi connectivity index (χ4n) is 7.83. The second-order valence-electron chi connectivity index (χ2n) is 13.6. The third kappa shape index (κ3) is 4.45. The average Bonchev–Trinajstić information content (AvgIpc) is 3.82. The molecule has 0 fully saturated rings. The highest BCUT2D eigenvalue weighted by Crippen LogP contribution is 2.51. The maximum Gasteiger partial charge on any atom is 0.137 e. The first-order valence-electron chi connectivity index (χ1n) is 17.0. The standard InChI is InChI=1S/C46H32N2OS/c1-46(2)37-17-10-9-16-34(37)35-26-33(24-25-38(35)46)48(32-22-20-30(21-23-32)29-12-5-3-6-13-29)40-18-11-19-41-44(40)36-27-39-43(28-42(36)49-41)50-45(47-39)31-14-7-4-8-15-31/h3-28H,1-2H3. The van der Waals surface area contributed by atoms with Gasteiger partial charge in [-0.1, -0.05) is 123 Å². The van der Waals surface area contributed by atoms with Gasteiger partial charge in [0.05, 0.1) is 21.3 Å². The maximum absolute atomic E-state index is 6.62. The molecule has 0 amide bonds. The molecule has 3 nitrogen and oxygen atoms in total. The van der Waals surface area contributed by atoms with Crippen molar-refractivity contribution in [2.75, 3.05) is 4.90 Å². The van der Waals surface area contributed by atoms with Crippen LogP contribution in [0.4, 0.5) is 17.1 Å². The van der Waals surface area contributed by atoms with Crippen molar-refractivity contribution >= 4 is 60.6 Å². The lowest BCUT2D eigenvalue weighted by atomic mass is 9.82. The zero-order valence-corrected chi connectivity index (χ0v) is 28.5. The van der Waals surface area contributed by atoms with E-state index in [0.29, 0.717) is 0 Å². The minimum absolute atomic E-state index is 0.0646. The van der Waals surface area contributed by atoms with E-state index in [1.807, 2.05) is 6.07 Å². The molecule has 0 atom stereocenters. The number of fused-ring (bicyclic) bond motifs is 7. The van der Waals surface area contributed by atoms with E-state index in [4.69, 9.17) is 9.40 Å². The van der Waals surface area contributed by atoms with Gasteiger partial charge in [0, 0.05) is 33.8 Å². The molecule has 0 N–H and O–H groups in total. The molecule has 0 radical (unpaired) electrons. The molecule has 0 saturated carbocycles. The molecule has 1 aliphatic rings. The summed E-state index contributed by atoms with van der Waals surface area (Å²) in [6.45, 7) is 4.66. The van der Waals surface area contributed by atoms with Crippen LogP contribution in [0.3, 0.4) is 0 Å². The third-order valence-corrected chi connectivity index (χ3v) is 11.4. The van der Waals surface area contributed by atoms with Gasteiger partial charge in [0.1, 0.15) is 16.2 Å². The van der Waals surface area contributed by atoms with E-state index in [1.54, 1.807) is 11.3 Å². The summed E-state index contributed by atoms with van der Waals surface area (Å²) in [6.07, 6.45) is 0. The third-order valence-electron chi connectivity index (χ3n) is 10.3. The minimum Gasteiger partial charge on any atom is -0.456 e. The van der Waals surface area contributed by atoms with Gasteiger partial charge in [0.25, 0.3) is 0 Å². The first kappa shape index (κ1) is 29.0. The second kappa shape index (κ2) is 11.0. The lowest BCUT2D eigenvalue weighted by Crippen LogP contribution is -2.15. The normalized spacial score (nSPS) is 13.2. The molecule has 9 aromatic rings. The highest BCUT2D eigenvalue weighted by atomic mass is 32.1. The summed E-state index contributed by atoms with van der Waals surface area (Å²) in [6, 6.07) is 56.5. The Balaban J connectivity index is 1.19. The molecule has 0 aliphatic heterocycles. The molecule has 238 valence electrons. The molecule has 0 bridgehead atoms. The maximum atomic E-state index is 6.62. The van der Waals surface area contributed by atoms with E-state index in [2.05, 4.69) is 170 Å². The van der Waals surface area contributed by atoms with Gasteiger partial charge in [-0.3, -0.25) is 0 Å². The molecular formula is C46H32N2OS. The van der Waals surface area contributed by atoms with E-state index in [9.17, 15) is 0 Å². The van der Waals surface area contributed by atoms with Gasteiger partial charge in [-0.15, -0.1) is 11.3 Å². The number of thiazole rings is 1. The van der Waals surface area contributed by atoms with Gasteiger partial charge in [-0.25, -0.2) is 4.98 Å². The fourth-order valence-corrected chi connectivity index (χ4v) is 8.81. The van der Waals surface area contributed by atoms with Crippen LogP contribution >= 0.6 is 11.3 Å². The van der Waals surface area contributed by atoms with E-state index in [1.165, 1.54) is 33.4 Å². The molecule has 2 heterocycles. The van der Waals surface area contributed by atoms with Crippen LogP contribution in [-0.2, 0) is 5.41 Å². The highest BCUT2D eigenvalue weighted by molar-refractivity contribution is 7.21. The topological polar surface area (TPSA) is 29.3 Å². The smallest absolute Gasteiger partial charge is 0.137 e. The van der Waals surface area contributed by atoms with Gasteiger partial charge in [0.2, 0.25) is 0 Å². The molecular weight excluding hydrogens is 629 g/mol. The predicted molar refractivity (Wildman–Crippen MR) is 210 cm³/mol. The van der Waals surface area contributed by atoms with E-state index < -0.39 is 0 Å². The summed E-state index contributed by atoms with van der Waals surface area (Å²) in [4.78, 5) is 7.48. The van der Waals surface area contributed by atoms with Crippen LogP contribution in [0, 0.1) is 0 Å². The van der Waals surface area contributed by atoms with Crippen LogP contribution in [0.5, 0.6) is 0 Å². The Morgan fingerprint density at radius 1 is 0.560 bits per heavy atom. The number of furan rings is 1. The Morgan fingerprint density at radius 3 is 2.04 bits per heavy atom. The summed E-state index contributed by atoms with van der Waals surface area (Å²) < 4.78 is 7.73. The van der Waals surface area contributed by atoms with Crippen molar-refractivity contribution in [1.29, 1.82) is 0 Å². The molecule has 50 heavy (non-hydrogen) atoms. The first-order chi connectivity index (χ1) is 24.5. The van der Waals surface area contributed by atoms with Crippen molar-refractivity contribution < 1.29 is 4.42 Å². The van der Waals surface area contributed by atoms with Gasteiger partial charge >= 0.3 is 0 Å². The minimum atomic E-state index is -0.0646. The van der Waals surface area contributed by atoms with Crippen LogP contribution in [-0.4, -0.2) is 4.98 Å². The highest BCUT2D eigenvalue weighted by Gasteiger charge is 2.35. The molecule has 0 unspecified atom stereocenters. The average molecular weight is 661 g/mol. The lowest BCUT2D eigenvalue weighted by molar-refractivity contribution is 0.660. The Bertz CT molecular complexity index is 2720. The number of benzene rings is 7. The SMILES string of the molecule is CC1(C)c2ccccc2-c2cc(N(c3ccc(-c4ccccc4)cc3)c3cccc4oc5cc6sc(-c7ccccc7)nc6cc5c34)ccc21. The van der Waals surface area contributed by atoms with Crippen molar-refractivity contribution in [3.8, 4) is 32.8 Å². The van der Waals surface area contributed by atoms with Crippen molar-refractivity contribution in [2.45, 2.75) is 19.3 Å². The number of anilines is 3. The Labute approximate surface area is 294 Å². The quantitative estimate of drug-likeness (QED) is 0.184. The Hall–Kier alpha value is -5.97. The van der Waals surface area contributed by atoms with Gasteiger partial charge in [-0.05, 0) is 75.8 Å². The van der Waals surface area contributed by atoms with Crippen molar-refractivity contribution in [3.05, 3.63) is 169 Å². The van der Waals surface area contributed by atoms with Crippen LogP contribution in [0.25, 0.3) is 65.0 Å². The van der Waals surface area contributed by atoms with E-state index in [-0.39, 0.29) is 5.41 Å². The lowest BCUT2D eigenvalue weighted by Gasteiger charge is -2.28. The molecule has 4 heteroatoms. The summed E-state index contributed by atoms with van der Waals surface area (Å²) in [7, 11) is 0. The second-order valence-corrected chi connectivity index (χ2v) is 14.6. The van der Waals surface area contributed by atoms with Crippen LogP contribution < -0.4 is 4.90 Å². The van der Waals surface area contributed by atoms with Crippen LogP contribution in [0.1, 0.15) is 25.0 Å². The Morgan fingerprint density at radius 2 is 1.24 bits per heavy atom. The molecule has 10 rings (SSSR count). The molecule has 7 aromatic carbocycles. The van der Waals surface area contributed by atoms with Gasteiger partial charge < -0.3 is 9.32 Å². The van der Waals surface area contributed by atoms with Crippen LogP contribution in [0.15, 0.2) is 162 Å². The molecule has 0 saturated heterocycles. The predicted octanol–water partition coefficient (Wildman–Crippen LogP) is 13.3. The molecule has 2 aromatic heterocycles.